The third-order valence-corrected chi connectivity index (χ3v) is 2.72. The smallest absolute Gasteiger partial charge is 0.396 e. The molecule has 0 atom stereocenters. The summed E-state index contributed by atoms with van der Waals surface area (Å²) in [6.07, 6.45) is -4.48. The Hall–Kier alpha value is -1.83. The zero-order valence-corrected chi connectivity index (χ0v) is 11.0. The van der Waals surface area contributed by atoms with Crippen molar-refractivity contribution in [3.05, 3.63) is 33.9 Å². The van der Waals surface area contributed by atoms with Gasteiger partial charge in [0.2, 0.25) is 0 Å². The third-order valence-electron chi connectivity index (χ3n) is 2.72. The van der Waals surface area contributed by atoms with Crippen LogP contribution in [-0.2, 0) is 6.18 Å². The number of aliphatic hydroxyl groups excluding tert-OH is 1. The number of hydrogen-bond acceptors (Lipinski definition) is 4. The van der Waals surface area contributed by atoms with Crippen LogP contribution in [-0.4, -0.2) is 22.2 Å². The largest absolute Gasteiger partial charge is 0.423 e. The van der Waals surface area contributed by atoms with Gasteiger partial charge in [-0.3, -0.25) is 10.1 Å². The highest BCUT2D eigenvalue weighted by Gasteiger charge is 2.38. The van der Waals surface area contributed by atoms with Crippen molar-refractivity contribution in [2.75, 3.05) is 11.9 Å². The Morgan fingerprint density at radius 1 is 1.35 bits per heavy atom. The Labute approximate surface area is 113 Å². The first-order chi connectivity index (χ1) is 9.07. The van der Waals surface area contributed by atoms with Gasteiger partial charge in [0.25, 0.3) is 5.69 Å². The molecule has 0 aliphatic rings. The van der Waals surface area contributed by atoms with Gasteiger partial charge in [0.1, 0.15) is 5.56 Å². The van der Waals surface area contributed by atoms with Crippen LogP contribution in [0.1, 0.15) is 25.8 Å². The summed E-state index contributed by atoms with van der Waals surface area (Å²) in [5.41, 5.74) is -2.80. The number of hydrogen-bond donors (Lipinski definition) is 2. The van der Waals surface area contributed by atoms with E-state index in [1.54, 1.807) is 13.8 Å². The lowest BCUT2D eigenvalue weighted by Gasteiger charge is -2.27. The molecule has 0 radical (unpaired) electrons. The monoisotopic (exact) mass is 292 g/mol. The summed E-state index contributed by atoms with van der Waals surface area (Å²) in [7, 11) is 0. The minimum absolute atomic E-state index is 0.112. The van der Waals surface area contributed by atoms with Crippen LogP contribution in [0, 0.1) is 10.1 Å². The standard InChI is InChI=1S/C12H15F3N2O3/c1-11(2,5-6-18)16-8-3-4-10(17(19)20)9(7-8)12(13,14)15/h3-4,7,16,18H,5-6H2,1-2H3. The van der Waals surface area contributed by atoms with E-state index in [1.165, 1.54) is 6.07 Å². The number of nitro benzene ring substituents is 1. The van der Waals surface area contributed by atoms with Crippen LogP contribution in [0.25, 0.3) is 0 Å². The molecule has 1 aromatic carbocycles. The highest BCUT2D eigenvalue weighted by atomic mass is 19.4. The fraction of sp³-hybridized carbons (Fsp3) is 0.500. The summed E-state index contributed by atoms with van der Waals surface area (Å²) >= 11 is 0. The molecule has 1 rings (SSSR count). The quantitative estimate of drug-likeness (QED) is 0.645. The Morgan fingerprint density at radius 3 is 2.40 bits per heavy atom. The fourth-order valence-corrected chi connectivity index (χ4v) is 1.73. The number of nitrogens with zero attached hydrogens (tertiary/aromatic N) is 1. The van der Waals surface area contributed by atoms with Crippen LogP contribution >= 0.6 is 0 Å². The Morgan fingerprint density at radius 2 is 1.95 bits per heavy atom. The molecule has 0 saturated carbocycles. The van der Waals surface area contributed by atoms with Crippen LogP contribution < -0.4 is 5.32 Å². The molecule has 0 fully saturated rings. The number of aliphatic hydroxyl groups is 1. The summed E-state index contributed by atoms with van der Waals surface area (Å²) in [5, 5.41) is 22.3. The zero-order chi connectivity index (χ0) is 15.6. The molecule has 112 valence electrons. The van der Waals surface area contributed by atoms with Gasteiger partial charge in [-0.2, -0.15) is 13.2 Å². The molecule has 5 nitrogen and oxygen atoms in total. The first-order valence-electron chi connectivity index (χ1n) is 5.81. The lowest BCUT2D eigenvalue weighted by atomic mass is 10.0. The fourth-order valence-electron chi connectivity index (χ4n) is 1.73. The predicted molar refractivity (Wildman–Crippen MR) is 67.5 cm³/mol. The number of halogens is 3. The topological polar surface area (TPSA) is 75.4 Å². The maximum absolute atomic E-state index is 12.8. The SMILES string of the molecule is CC(C)(CCO)Nc1ccc([N+](=O)[O-])c(C(F)(F)F)c1. The molecule has 0 saturated heterocycles. The first-order valence-corrected chi connectivity index (χ1v) is 5.81. The van der Waals surface area contributed by atoms with Gasteiger partial charge in [-0.05, 0) is 32.4 Å². The van der Waals surface area contributed by atoms with Crippen LogP contribution in [0.3, 0.4) is 0 Å². The number of anilines is 1. The molecule has 8 heteroatoms. The molecule has 0 bridgehead atoms. The first kappa shape index (κ1) is 16.2. The van der Waals surface area contributed by atoms with Crippen molar-refractivity contribution >= 4 is 11.4 Å². The highest BCUT2D eigenvalue weighted by molar-refractivity contribution is 5.56. The third kappa shape index (κ3) is 4.09. The van der Waals surface area contributed by atoms with Crippen molar-refractivity contribution in [1.82, 2.24) is 0 Å². The van der Waals surface area contributed by atoms with Gasteiger partial charge in [-0.15, -0.1) is 0 Å². The number of nitrogens with one attached hydrogen (secondary N) is 1. The second-order valence-corrected chi connectivity index (χ2v) is 4.97. The molecule has 0 amide bonds. The Balaban J connectivity index is 3.17. The van der Waals surface area contributed by atoms with E-state index in [0.29, 0.717) is 12.5 Å². The van der Waals surface area contributed by atoms with E-state index in [9.17, 15) is 23.3 Å². The molecule has 1 aromatic rings. The summed E-state index contributed by atoms with van der Waals surface area (Å²) in [6.45, 7) is 3.29. The molecule has 0 aliphatic carbocycles. The Bertz CT molecular complexity index is 501. The van der Waals surface area contributed by atoms with Gasteiger partial charge in [0.05, 0.1) is 4.92 Å². The second-order valence-electron chi connectivity index (χ2n) is 4.97. The molecule has 0 aliphatic heterocycles. The van der Waals surface area contributed by atoms with Crippen LogP contribution in [0.5, 0.6) is 0 Å². The predicted octanol–water partition coefficient (Wildman–Crippen LogP) is 3.19. The average Bonchev–Trinajstić information content (AvgIpc) is 2.26. The normalized spacial score (nSPS) is 12.3. The summed E-state index contributed by atoms with van der Waals surface area (Å²) in [6, 6.07) is 2.74. The van der Waals surface area contributed by atoms with E-state index in [1.807, 2.05) is 0 Å². The second kappa shape index (κ2) is 5.66. The molecule has 0 unspecified atom stereocenters. The number of alkyl halides is 3. The van der Waals surface area contributed by atoms with E-state index < -0.39 is 27.9 Å². The maximum Gasteiger partial charge on any atom is 0.423 e. The maximum atomic E-state index is 12.8. The van der Waals surface area contributed by atoms with Crippen LogP contribution in [0.4, 0.5) is 24.5 Å². The number of benzene rings is 1. The number of nitro groups is 1. The van der Waals surface area contributed by atoms with Crippen molar-refractivity contribution in [2.45, 2.75) is 32.0 Å². The lowest BCUT2D eigenvalue weighted by molar-refractivity contribution is -0.388. The zero-order valence-electron chi connectivity index (χ0n) is 11.0. The van der Waals surface area contributed by atoms with E-state index in [0.717, 1.165) is 6.07 Å². The molecule has 0 heterocycles. The van der Waals surface area contributed by atoms with E-state index in [-0.39, 0.29) is 12.3 Å². The number of rotatable bonds is 5. The van der Waals surface area contributed by atoms with Gasteiger partial charge in [0.15, 0.2) is 0 Å². The summed E-state index contributed by atoms with van der Waals surface area (Å²) in [4.78, 5) is 9.56. The molecule has 2 N–H and O–H groups in total. The van der Waals surface area contributed by atoms with Crippen LogP contribution in [0.2, 0.25) is 0 Å². The van der Waals surface area contributed by atoms with Crippen molar-refractivity contribution in [1.29, 1.82) is 0 Å². The van der Waals surface area contributed by atoms with Gasteiger partial charge in [-0.25, -0.2) is 0 Å². The molecule has 0 aromatic heterocycles. The average molecular weight is 292 g/mol. The van der Waals surface area contributed by atoms with E-state index in [2.05, 4.69) is 5.32 Å². The highest BCUT2D eigenvalue weighted by Crippen LogP contribution is 2.38. The lowest BCUT2D eigenvalue weighted by Crippen LogP contribution is -2.32. The van der Waals surface area contributed by atoms with E-state index in [4.69, 9.17) is 5.11 Å². The summed E-state index contributed by atoms with van der Waals surface area (Å²) in [5.74, 6) is 0. The van der Waals surface area contributed by atoms with Gasteiger partial charge in [-0.1, -0.05) is 0 Å². The summed E-state index contributed by atoms with van der Waals surface area (Å²) < 4.78 is 38.4. The van der Waals surface area contributed by atoms with Crippen molar-refractivity contribution in [3.8, 4) is 0 Å². The van der Waals surface area contributed by atoms with Gasteiger partial charge < -0.3 is 10.4 Å². The van der Waals surface area contributed by atoms with Crippen molar-refractivity contribution in [2.24, 2.45) is 0 Å². The molecular formula is C12H15F3N2O3. The minimum atomic E-state index is -4.80. The molecular weight excluding hydrogens is 277 g/mol. The van der Waals surface area contributed by atoms with Gasteiger partial charge in [0, 0.05) is 23.9 Å². The van der Waals surface area contributed by atoms with Gasteiger partial charge >= 0.3 is 6.18 Å². The minimum Gasteiger partial charge on any atom is -0.396 e. The van der Waals surface area contributed by atoms with E-state index >= 15 is 0 Å². The molecule has 0 spiro atoms. The molecule has 20 heavy (non-hydrogen) atoms. The Kier molecular flexibility index (Phi) is 4.59. The van der Waals surface area contributed by atoms with Crippen molar-refractivity contribution in [3.63, 3.8) is 0 Å². The van der Waals surface area contributed by atoms with Crippen molar-refractivity contribution < 1.29 is 23.2 Å². The van der Waals surface area contributed by atoms with Crippen LogP contribution in [0.15, 0.2) is 18.2 Å².